The average molecular weight is 424 g/mol. The molecular formula is C10H16Br2O4S2. The Kier molecular flexibility index (Phi) is 8.66. The summed E-state index contributed by atoms with van der Waals surface area (Å²) < 4.78 is 45.4. The quantitative estimate of drug-likeness (QED) is 0.562. The Morgan fingerprint density at radius 1 is 1.11 bits per heavy atom. The van der Waals surface area contributed by atoms with Crippen LogP contribution in [0.3, 0.4) is 0 Å². The highest BCUT2D eigenvalue weighted by Gasteiger charge is 2.14. The summed E-state index contributed by atoms with van der Waals surface area (Å²) in [5, 5.41) is 1.09. The number of hydrogen-bond donors (Lipinski definition) is 0. The number of rotatable bonds is 8. The van der Waals surface area contributed by atoms with Crippen LogP contribution in [0.25, 0.3) is 0 Å². The molecule has 18 heavy (non-hydrogen) atoms. The Hall–Kier alpha value is 0.340. The Bertz CT molecular complexity index is 504. The summed E-state index contributed by atoms with van der Waals surface area (Å²) in [4.78, 5) is 0.350. The van der Waals surface area contributed by atoms with Crippen LogP contribution in [0.15, 0.2) is 22.5 Å². The van der Waals surface area contributed by atoms with Crippen molar-refractivity contribution in [3.05, 3.63) is 22.5 Å². The van der Waals surface area contributed by atoms with Crippen molar-refractivity contribution in [2.24, 2.45) is 0 Å². The molecule has 0 aliphatic heterocycles. The SMILES string of the molecule is CCCC(=CCC=CS(=O)(=O)CBr)S(=O)(=O)CBr. The van der Waals surface area contributed by atoms with Gasteiger partial charge in [-0.3, -0.25) is 0 Å². The zero-order valence-electron chi connectivity index (χ0n) is 9.97. The second-order valence-electron chi connectivity index (χ2n) is 3.52. The summed E-state index contributed by atoms with van der Waals surface area (Å²) in [7, 11) is -6.48. The number of allylic oxidation sites excluding steroid dienone is 3. The molecule has 0 aromatic heterocycles. The molecule has 0 unspecified atom stereocenters. The smallest absolute Gasteiger partial charge is 0.184 e. The first-order chi connectivity index (χ1) is 8.29. The normalized spacial score (nSPS) is 14.3. The van der Waals surface area contributed by atoms with Crippen LogP contribution in [0.2, 0.25) is 0 Å². The predicted molar refractivity (Wildman–Crippen MR) is 82.2 cm³/mol. The van der Waals surface area contributed by atoms with Crippen molar-refractivity contribution in [2.45, 2.75) is 26.2 Å². The third kappa shape index (κ3) is 7.06. The number of halogens is 2. The minimum Gasteiger partial charge on any atom is -0.223 e. The summed E-state index contributed by atoms with van der Waals surface area (Å²) in [6, 6.07) is 0. The third-order valence-corrected chi connectivity index (χ3v) is 8.07. The largest absolute Gasteiger partial charge is 0.223 e. The maximum Gasteiger partial charge on any atom is 0.184 e. The summed E-state index contributed by atoms with van der Waals surface area (Å²) in [5.41, 5.74) is 0. The molecule has 0 radical (unpaired) electrons. The summed E-state index contributed by atoms with van der Waals surface area (Å²) in [6.45, 7) is 1.89. The van der Waals surface area contributed by atoms with Crippen LogP contribution in [0, 0.1) is 0 Å². The van der Waals surface area contributed by atoms with Gasteiger partial charge in [-0.15, -0.1) is 0 Å². The number of sulfone groups is 2. The molecule has 0 bridgehead atoms. The zero-order chi connectivity index (χ0) is 14.2. The Morgan fingerprint density at radius 2 is 1.72 bits per heavy atom. The fourth-order valence-corrected chi connectivity index (χ4v) is 3.96. The minimum atomic E-state index is -3.26. The maximum absolute atomic E-state index is 11.7. The molecule has 8 heteroatoms. The van der Waals surface area contributed by atoms with E-state index in [4.69, 9.17) is 0 Å². The van der Waals surface area contributed by atoms with E-state index in [1.807, 2.05) is 6.92 Å². The molecule has 0 aromatic rings. The van der Waals surface area contributed by atoms with Crippen molar-refractivity contribution >= 4 is 51.5 Å². The zero-order valence-corrected chi connectivity index (χ0v) is 14.8. The molecule has 0 aliphatic carbocycles. The van der Waals surface area contributed by atoms with Crippen LogP contribution in [0.5, 0.6) is 0 Å². The van der Waals surface area contributed by atoms with Gasteiger partial charge in [0, 0.05) is 10.3 Å². The van der Waals surface area contributed by atoms with Gasteiger partial charge >= 0.3 is 0 Å². The van der Waals surface area contributed by atoms with E-state index in [0.717, 1.165) is 11.8 Å². The lowest BCUT2D eigenvalue weighted by atomic mass is 10.3. The molecule has 4 nitrogen and oxygen atoms in total. The van der Waals surface area contributed by atoms with E-state index in [1.165, 1.54) is 6.08 Å². The summed E-state index contributed by atoms with van der Waals surface area (Å²) in [6.07, 6.45) is 4.47. The minimum absolute atomic E-state index is 0.116. The first-order valence-electron chi connectivity index (χ1n) is 5.22. The molecule has 0 aliphatic rings. The molecular weight excluding hydrogens is 408 g/mol. The fraction of sp³-hybridized carbons (Fsp3) is 0.600. The molecule has 0 rings (SSSR count). The van der Waals surface area contributed by atoms with Gasteiger partial charge in [0.15, 0.2) is 19.7 Å². The summed E-state index contributed by atoms with van der Waals surface area (Å²) >= 11 is 5.81. The van der Waals surface area contributed by atoms with Gasteiger partial charge in [-0.1, -0.05) is 57.4 Å². The number of hydrogen-bond acceptors (Lipinski definition) is 4. The molecule has 0 fully saturated rings. The topological polar surface area (TPSA) is 68.3 Å². The first-order valence-corrected chi connectivity index (χ1v) is 10.8. The highest BCUT2D eigenvalue weighted by atomic mass is 79.9. The molecule has 0 saturated heterocycles. The van der Waals surface area contributed by atoms with Crippen LogP contribution in [-0.2, 0) is 19.7 Å². The van der Waals surface area contributed by atoms with Crippen molar-refractivity contribution in [3.63, 3.8) is 0 Å². The van der Waals surface area contributed by atoms with Gasteiger partial charge in [0.05, 0.1) is 0 Å². The molecule has 106 valence electrons. The van der Waals surface area contributed by atoms with Gasteiger partial charge in [-0.2, -0.15) is 0 Å². The lowest BCUT2D eigenvalue weighted by molar-refractivity contribution is 0.604. The molecule has 0 N–H and O–H groups in total. The monoisotopic (exact) mass is 422 g/mol. The van der Waals surface area contributed by atoms with Crippen molar-refractivity contribution in [3.8, 4) is 0 Å². The summed E-state index contributed by atoms with van der Waals surface area (Å²) in [5.74, 6) is 0. The van der Waals surface area contributed by atoms with E-state index in [9.17, 15) is 16.8 Å². The van der Waals surface area contributed by atoms with Gasteiger partial charge in [0.25, 0.3) is 0 Å². The van der Waals surface area contributed by atoms with Crippen molar-refractivity contribution in [1.82, 2.24) is 0 Å². The van der Waals surface area contributed by atoms with Gasteiger partial charge in [0.1, 0.15) is 9.32 Å². The van der Waals surface area contributed by atoms with Crippen LogP contribution in [0.4, 0.5) is 0 Å². The third-order valence-electron chi connectivity index (χ3n) is 1.98. The predicted octanol–water partition coefficient (Wildman–Crippen LogP) is 3.11. The van der Waals surface area contributed by atoms with Crippen LogP contribution in [0.1, 0.15) is 26.2 Å². The average Bonchev–Trinajstić information content (AvgIpc) is 2.33. The second kappa shape index (κ2) is 8.50. The van der Waals surface area contributed by atoms with Crippen LogP contribution >= 0.6 is 31.9 Å². The van der Waals surface area contributed by atoms with Crippen molar-refractivity contribution in [2.75, 3.05) is 9.32 Å². The molecule has 0 amide bonds. The van der Waals surface area contributed by atoms with E-state index in [2.05, 4.69) is 31.9 Å². The van der Waals surface area contributed by atoms with E-state index in [1.54, 1.807) is 6.08 Å². The fourth-order valence-electron chi connectivity index (χ4n) is 1.14. The Balaban J connectivity index is 4.83. The first kappa shape index (κ1) is 18.3. The molecule has 0 aromatic carbocycles. The van der Waals surface area contributed by atoms with E-state index < -0.39 is 19.7 Å². The lowest BCUT2D eigenvalue weighted by Gasteiger charge is -2.04. The molecule has 0 saturated carbocycles. The van der Waals surface area contributed by atoms with Gasteiger partial charge in [-0.05, 0) is 12.8 Å². The molecule has 0 atom stereocenters. The van der Waals surface area contributed by atoms with E-state index in [0.29, 0.717) is 11.3 Å². The standard InChI is InChI=1S/C10H16Br2O4S2/c1-2-5-10(18(15,16)9-12)6-3-4-7-17(13,14)8-11/h4,6-7H,2-3,5,8-9H2,1H3. The molecule has 0 heterocycles. The van der Waals surface area contributed by atoms with Crippen LogP contribution < -0.4 is 0 Å². The molecule has 0 spiro atoms. The Labute approximate surface area is 126 Å². The van der Waals surface area contributed by atoms with Crippen molar-refractivity contribution in [1.29, 1.82) is 0 Å². The van der Waals surface area contributed by atoms with E-state index >= 15 is 0 Å². The maximum atomic E-state index is 11.7. The van der Waals surface area contributed by atoms with Gasteiger partial charge < -0.3 is 0 Å². The Morgan fingerprint density at radius 3 is 2.17 bits per heavy atom. The highest BCUT2D eigenvalue weighted by Crippen LogP contribution is 2.17. The second-order valence-corrected chi connectivity index (χ2v) is 10.1. The number of alkyl halides is 2. The van der Waals surface area contributed by atoms with Gasteiger partial charge in [0.2, 0.25) is 0 Å². The van der Waals surface area contributed by atoms with Crippen molar-refractivity contribution < 1.29 is 16.8 Å². The van der Waals surface area contributed by atoms with Crippen LogP contribution in [-0.4, -0.2) is 26.2 Å². The highest BCUT2D eigenvalue weighted by molar-refractivity contribution is 9.11. The lowest BCUT2D eigenvalue weighted by Crippen LogP contribution is -2.04. The van der Waals surface area contributed by atoms with E-state index in [-0.39, 0.29) is 15.7 Å². The van der Waals surface area contributed by atoms with Gasteiger partial charge in [-0.25, -0.2) is 16.8 Å².